The monoisotopic (exact) mass is 535 g/mol. The molecule has 10 heteroatoms. The van der Waals surface area contributed by atoms with Gasteiger partial charge < -0.3 is 30.8 Å². The summed E-state index contributed by atoms with van der Waals surface area (Å²) in [6, 6.07) is 3.63. The first kappa shape index (κ1) is 26.1. The minimum absolute atomic E-state index is 0. The fourth-order valence-corrected chi connectivity index (χ4v) is 3.12. The van der Waals surface area contributed by atoms with Crippen LogP contribution in [0.1, 0.15) is 69.7 Å². The average molecular weight is 535 g/mol. The lowest BCUT2D eigenvalue weighted by molar-refractivity contribution is 0.0490. The highest BCUT2D eigenvalue weighted by Gasteiger charge is 2.25. The Morgan fingerprint density at radius 1 is 1.17 bits per heavy atom. The van der Waals surface area contributed by atoms with Crippen LogP contribution in [0.4, 0.5) is 4.79 Å². The van der Waals surface area contributed by atoms with Gasteiger partial charge in [-0.3, -0.25) is 4.79 Å². The number of ether oxygens (including phenoxy) is 1. The molecule has 1 saturated carbocycles. The molecular weight excluding hydrogens is 501 g/mol. The number of primary amides is 1. The van der Waals surface area contributed by atoms with Crippen molar-refractivity contribution in [3.05, 3.63) is 23.7 Å². The standard InChI is InChI=1S/C20H33N5O4.HI/c1-5-22-18(23-12-15-10-11-16(28-15)17(21)26)24-13-6-8-14(9-7-13)25-19(27)29-20(2,3)4;/h10-11,13-14H,5-9,12H2,1-4H3,(H2,21,26)(H,25,27)(H2,22,23,24);1H. The number of aliphatic imine (C=N–C) groups is 1. The predicted octanol–water partition coefficient (Wildman–Crippen LogP) is 2.89. The first-order valence-electron chi connectivity index (χ1n) is 10.1. The number of hydrogen-bond donors (Lipinski definition) is 4. The van der Waals surface area contributed by atoms with Gasteiger partial charge in [0, 0.05) is 18.6 Å². The van der Waals surface area contributed by atoms with Gasteiger partial charge in [0.1, 0.15) is 17.9 Å². The number of furan rings is 1. The lowest BCUT2D eigenvalue weighted by Gasteiger charge is -2.31. The molecule has 0 unspecified atom stereocenters. The zero-order chi connectivity index (χ0) is 21.4. The molecule has 0 spiro atoms. The van der Waals surface area contributed by atoms with Gasteiger partial charge in [-0.15, -0.1) is 24.0 Å². The van der Waals surface area contributed by atoms with Gasteiger partial charge in [-0.2, -0.15) is 0 Å². The molecule has 0 aromatic carbocycles. The second-order valence-electron chi connectivity index (χ2n) is 8.16. The number of carbonyl (C=O) groups excluding carboxylic acids is 2. The van der Waals surface area contributed by atoms with E-state index in [-0.39, 0.29) is 47.9 Å². The maximum atomic E-state index is 11.9. The molecule has 1 heterocycles. The average Bonchev–Trinajstić information content (AvgIpc) is 3.09. The Bertz CT molecular complexity index is 721. The van der Waals surface area contributed by atoms with Crippen LogP contribution in [0.15, 0.2) is 21.5 Å². The van der Waals surface area contributed by atoms with Gasteiger partial charge >= 0.3 is 6.09 Å². The van der Waals surface area contributed by atoms with Gasteiger partial charge in [-0.1, -0.05) is 0 Å². The van der Waals surface area contributed by atoms with Crippen LogP contribution in [0.3, 0.4) is 0 Å². The first-order valence-corrected chi connectivity index (χ1v) is 10.1. The van der Waals surface area contributed by atoms with Gasteiger partial charge in [-0.25, -0.2) is 9.79 Å². The molecule has 170 valence electrons. The van der Waals surface area contributed by atoms with E-state index >= 15 is 0 Å². The summed E-state index contributed by atoms with van der Waals surface area (Å²) >= 11 is 0. The number of amides is 2. The number of carbonyl (C=O) groups is 2. The van der Waals surface area contributed by atoms with E-state index in [4.69, 9.17) is 14.9 Å². The van der Waals surface area contributed by atoms with Crippen molar-refractivity contribution in [3.8, 4) is 0 Å². The van der Waals surface area contributed by atoms with E-state index in [9.17, 15) is 9.59 Å². The van der Waals surface area contributed by atoms with Crippen molar-refractivity contribution in [2.45, 2.75) is 77.6 Å². The molecule has 30 heavy (non-hydrogen) atoms. The smallest absolute Gasteiger partial charge is 0.407 e. The fraction of sp³-hybridized carbons (Fsp3) is 0.650. The number of alkyl carbamates (subject to hydrolysis) is 1. The Balaban J connectivity index is 0.00000450. The van der Waals surface area contributed by atoms with Gasteiger partial charge in [-0.05, 0) is 65.5 Å². The molecule has 0 atom stereocenters. The molecule has 0 radical (unpaired) electrons. The third-order valence-electron chi connectivity index (χ3n) is 4.43. The lowest BCUT2D eigenvalue weighted by atomic mass is 9.91. The summed E-state index contributed by atoms with van der Waals surface area (Å²) < 4.78 is 10.7. The molecule has 9 nitrogen and oxygen atoms in total. The van der Waals surface area contributed by atoms with E-state index in [0.29, 0.717) is 18.3 Å². The molecule has 2 rings (SSSR count). The maximum Gasteiger partial charge on any atom is 0.407 e. The van der Waals surface area contributed by atoms with Crippen LogP contribution < -0.4 is 21.7 Å². The van der Waals surface area contributed by atoms with E-state index in [2.05, 4.69) is 20.9 Å². The summed E-state index contributed by atoms with van der Waals surface area (Å²) in [6.07, 6.45) is 3.21. The Hall–Kier alpha value is -1.98. The number of nitrogens with one attached hydrogen (secondary N) is 3. The minimum atomic E-state index is -0.595. The second kappa shape index (κ2) is 12.0. The summed E-state index contributed by atoms with van der Waals surface area (Å²) in [7, 11) is 0. The molecule has 2 amide bonds. The minimum Gasteiger partial charge on any atom is -0.454 e. The third kappa shape index (κ3) is 9.23. The largest absolute Gasteiger partial charge is 0.454 e. The van der Waals surface area contributed by atoms with Crippen LogP contribution in [0.25, 0.3) is 0 Å². The van der Waals surface area contributed by atoms with Crippen molar-refractivity contribution < 1.29 is 18.7 Å². The number of nitrogens with zero attached hydrogens (tertiary/aromatic N) is 1. The van der Waals surface area contributed by atoms with E-state index in [1.165, 1.54) is 0 Å². The van der Waals surface area contributed by atoms with E-state index in [0.717, 1.165) is 32.2 Å². The van der Waals surface area contributed by atoms with Crippen molar-refractivity contribution in [1.29, 1.82) is 0 Å². The number of guanidine groups is 1. The number of nitrogens with two attached hydrogens (primary N) is 1. The number of halogens is 1. The molecule has 1 aliphatic carbocycles. The third-order valence-corrected chi connectivity index (χ3v) is 4.43. The van der Waals surface area contributed by atoms with Crippen LogP contribution >= 0.6 is 24.0 Å². The summed E-state index contributed by atoms with van der Waals surface area (Å²) in [5.74, 6) is 0.792. The molecule has 1 aliphatic rings. The zero-order valence-corrected chi connectivity index (χ0v) is 20.4. The van der Waals surface area contributed by atoms with Gasteiger partial charge in [0.2, 0.25) is 0 Å². The van der Waals surface area contributed by atoms with Crippen LogP contribution in [-0.4, -0.2) is 42.2 Å². The molecule has 1 fully saturated rings. The van der Waals surface area contributed by atoms with Crippen molar-refractivity contribution in [2.24, 2.45) is 10.7 Å². The molecule has 0 bridgehead atoms. The van der Waals surface area contributed by atoms with Crippen LogP contribution in [0.5, 0.6) is 0 Å². The van der Waals surface area contributed by atoms with Crippen LogP contribution in [0.2, 0.25) is 0 Å². The molecule has 1 aromatic rings. The number of rotatable bonds is 6. The van der Waals surface area contributed by atoms with E-state index in [1.54, 1.807) is 12.1 Å². The summed E-state index contributed by atoms with van der Waals surface area (Å²) in [5.41, 5.74) is 4.70. The molecule has 1 aromatic heterocycles. The quantitative estimate of drug-likeness (QED) is 0.252. The Morgan fingerprint density at radius 3 is 2.27 bits per heavy atom. The second-order valence-corrected chi connectivity index (χ2v) is 8.16. The Kier molecular flexibility index (Phi) is 10.4. The Labute approximate surface area is 195 Å². The van der Waals surface area contributed by atoms with Gasteiger partial charge in [0.05, 0.1) is 0 Å². The highest BCUT2D eigenvalue weighted by atomic mass is 127. The van der Waals surface area contributed by atoms with Crippen molar-refractivity contribution in [3.63, 3.8) is 0 Å². The van der Waals surface area contributed by atoms with E-state index < -0.39 is 11.5 Å². The first-order chi connectivity index (χ1) is 13.7. The normalized spacial score (nSPS) is 19.4. The van der Waals surface area contributed by atoms with Gasteiger partial charge in [0.25, 0.3) is 5.91 Å². The molecule has 0 aliphatic heterocycles. The van der Waals surface area contributed by atoms with Crippen LogP contribution in [0, 0.1) is 0 Å². The summed E-state index contributed by atoms with van der Waals surface area (Å²) in [6.45, 7) is 8.59. The van der Waals surface area contributed by atoms with Gasteiger partial charge in [0.15, 0.2) is 11.7 Å². The molecule has 0 saturated heterocycles. The van der Waals surface area contributed by atoms with Crippen molar-refractivity contribution in [2.75, 3.05) is 6.54 Å². The molecular formula is C20H34IN5O4. The zero-order valence-electron chi connectivity index (χ0n) is 18.1. The topological polar surface area (TPSA) is 131 Å². The maximum absolute atomic E-state index is 11.9. The van der Waals surface area contributed by atoms with Crippen molar-refractivity contribution >= 4 is 41.9 Å². The van der Waals surface area contributed by atoms with E-state index in [1.807, 2.05) is 27.7 Å². The lowest BCUT2D eigenvalue weighted by Crippen LogP contribution is -2.48. The number of hydrogen-bond acceptors (Lipinski definition) is 5. The van der Waals surface area contributed by atoms with Crippen molar-refractivity contribution in [1.82, 2.24) is 16.0 Å². The fourth-order valence-electron chi connectivity index (χ4n) is 3.12. The van der Waals surface area contributed by atoms with Crippen LogP contribution in [-0.2, 0) is 11.3 Å². The highest BCUT2D eigenvalue weighted by Crippen LogP contribution is 2.19. The SMILES string of the molecule is CCNC(=NCc1ccc(C(N)=O)o1)NC1CCC(NC(=O)OC(C)(C)C)CC1.I. The Morgan fingerprint density at radius 2 is 1.77 bits per heavy atom. The summed E-state index contributed by atoms with van der Waals surface area (Å²) in [5, 5.41) is 9.59. The summed E-state index contributed by atoms with van der Waals surface area (Å²) in [4.78, 5) is 27.5. The highest BCUT2D eigenvalue weighted by molar-refractivity contribution is 14.0. The molecule has 5 N–H and O–H groups in total. The predicted molar refractivity (Wildman–Crippen MR) is 126 cm³/mol.